The van der Waals surface area contributed by atoms with Crippen molar-refractivity contribution in [1.29, 1.82) is 0 Å². The van der Waals surface area contributed by atoms with Gasteiger partial charge < -0.3 is 4.98 Å². The fourth-order valence-electron chi connectivity index (χ4n) is 2.27. The molecular formula is C14H18N2O2. The second-order valence-corrected chi connectivity index (χ2v) is 4.76. The molecule has 0 radical (unpaired) electrons. The molecule has 2 rings (SSSR count). The summed E-state index contributed by atoms with van der Waals surface area (Å²) in [6.45, 7) is 4.05. The van der Waals surface area contributed by atoms with Gasteiger partial charge in [-0.3, -0.25) is 10.1 Å². The van der Waals surface area contributed by atoms with Crippen molar-refractivity contribution in [2.75, 3.05) is 0 Å². The molecule has 0 atom stereocenters. The summed E-state index contributed by atoms with van der Waals surface area (Å²) < 4.78 is 0. The van der Waals surface area contributed by atoms with Gasteiger partial charge >= 0.3 is 0 Å². The van der Waals surface area contributed by atoms with E-state index >= 15 is 0 Å². The van der Waals surface area contributed by atoms with Gasteiger partial charge in [0.2, 0.25) is 0 Å². The number of nitro benzene ring substituents is 1. The fraction of sp³-hybridized carbons (Fsp3) is 0.429. The second kappa shape index (κ2) is 5.21. The molecule has 96 valence electrons. The van der Waals surface area contributed by atoms with Crippen molar-refractivity contribution in [1.82, 2.24) is 4.98 Å². The van der Waals surface area contributed by atoms with E-state index in [-0.39, 0.29) is 10.6 Å². The van der Waals surface area contributed by atoms with E-state index in [1.54, 1.807) is 6.07 Å². The third-order valence-electron chi connectivity index (χ3n) is 3.15. The first-order chi connectivity index (χ1) is 8.61. The highest BCUT2D eigenvalue weighted by Gasteiger charge is 2.15. The summed E-state index contributed by atoms with van der Waals surface area (Å²) in [6.07, 6.45) is 4.45. The van der Waals surface area contributed by atoms with Crippen LogP contribution in [0.5, 0.6) is 0 Å². The Bertz CT molecular complexity index is 572. The summed E-state index contributed by atoms with van der Waals surface area (Å²) in [5.74, 6) is 0. The number of non-ortho nitro benzene ring substituents is 1. The summed E-state index contributed by atoms with van der Waals surface area (Å²) in [6, 6.07) is 5.64. The molecule has 0 bridgehead atoms. The Morgan fingerprint density at radius 2 is 2.06 bits per heavy atom. The molecule has 0 amide bonds. The Morgan fingerprint density at radius 1 is 1.28 bits per heavy atom. The molecule has 0 aliphatic heterocycles. The second-order valence-electron chi connectivity index (χ2n) is 4.76. The van der Waals surface area contributed by atoms with Crippen molar-refractivity contribution < 1.29 is 4.92 Å². The van der Waals surface area contributed by atoms with E-state index in [1.165, 1.54) is 12.8 Å². The number of fused-ring (bicyclic) bond motifs is 1. The number of nitrogens with zero attached hydrogens (tertiary/aromatic N) is 1. The smallest absolute Gasteiger partial charge is 0.293 e. The lowest BCUT2D eigenvalue weighted by molar-refractivity contribution is -0.383. The molecular weight excluding hydrogens is 228 g/mol. The van der Waals surface area contributed by atoms with Crippen LogP contribution in [0.2, 0.25) is 0 Å². The zero-order valence-corrected chi connectivity index (χ0v) is 10.8. The lowest BCUT2D eigenvalue weighted by Crippen LogP contribution is -1.90. The molecule has 0 aliphatic carbocycles. The monoisotopic (exact) mass is 246 g/mol. The van der Waals surface area contributed by atoms with Gasteiger partial charge in [-0.1, -0.05) is 19.8 Å². The van der Waals surface area contributed by atoms with Crippen LogP contribution < -0.4 is 0 Å². The Kier molecular flexibility index (Phi) is 3.65. The first-order valence-corrected chi connectivity index (χ1v) is 6.38. The Labute approximate surface area is 106 Å². The number of unbranched alkanes of at least 4 members (excludes halogenated alkanes) is 2. The molecule has 0 aliphatic rings. The van der Waals surface area contributed by atoms with Crippen LogP contribution in [0.15, 0.2) is 18.2 Å². The van der Waals surface area contributed by atoms with Crippen LogP contribution in [0.3, 0.4) is 0 Å². The molecule has 1 heterocycles. The van der Waals surface area contributed by atoms with Crippen molar-refractivity contribution in [3.63, 3.8) is 0 Å². The fourth-order valence-corrected chi connectivity index (χ4v) is 2.27. The number of nitrogens with one attached hydrogen (secondary N) is 1. The van der Waals surface area contributed by atoms with Crippen LogP contribution >= 0.6 is 0 Å². The van der Waals surface area contributed by atoms with Gasteiger partial charge in [0, 0.05) is 17.1 Å². The summed E-state index contributed by atoms with van der Waals surface area (Å²) in [5.41, 5.74) is 2.84. The minimum absolute atomic E-state index is 0.173. The molecule has 0 unspecified atom stereocenters. The molecule has 4 nitrogen and oxygen atoms in total. The van der Waals surface area contributed by atoms with Crippen molar-refractivity contribution in [3.05, 3.63) is 39.6 Å². The minimum Gasteiger partial charge on any atom is -0.353 e. The lowest BCUT2D eigenvalue weighted by Gasteiger charge is -1.97. The molecule has 0 saturated heterocycles. The molecule has 0 spiro atoms. The Morgan fingerprint density at radius 3 is 2.72 bits per heavy atom. The van der Waals surface area contributed by atoms with Crippen LogP contribution in [-0.4, -0.2) is 9.91 Å². The van der Waals surface area contributed by atoms with Crippen LogP contribution in [-0.2, 0) is 6.42 Å². The maximum atomic E-state index is 11.0. The van der Waals surface area contributed by atoms with E-state index in [4.69, 9.17) is 0 Å². The predicted molar refractivity (Wildman–Crippen MR) is 72.9 cm³/mol. The van der Waals surface area contributed by atoms with Crippen molar-refractivity contribution >= 4 is 16.6 Å². The number of benzene rings is 1. The number of H-pyrrole nitrogens is 1. The number of nitro groups is 1. The highest BCUT2D eigenvalue weighted by Crippen LogP contribution is 2.27. The van der Waals surface area contributed by atoms with Crippen molar-refractivity contribution in [2.24, 2.45) is 0 Å². The summed E-state index contributed by atoms with van der Waals surface area (Å²) in [4.78, 5) is 13.9. The highest BCUT2D eigenvalue weighted by atomic mass is 16.6. The highest BCUT2D eigenvalue weighted by molar-refractivity contribution is 5.89. The first-order valence-electron chi connectivity index (χ1n) is 6.38. The average molecular weight is 246 g/mol. The van der Waals surface area contributed by atoms with Crippen LogP contribution in [0.25, 0.3) is 10.9 Å². The molecule has 1 aromatic heterocycles. The van der Waals surface area contributed by atoms with E-state index in [0.717, 1.165) is 29.5 Å². The average Bonchev–Trinajstić information content (AvgIpc) is 2.70. The van der Waals surface area contributed by atoms with E-state index in [1.807, 2.05) is 19.1 Å². The van der Waals surface area contributed by atoms with Gasteiger partial charge in [0.05, 0.1) is 4.92 Å². The van der Waals surface area contributed by atoms with E-state index < -0.39 is 0 Å². The number of aromatic nitrogens is 1. The molecule has 4 heteroatoms. The standard InChI is InChI=1S/C14H18N2O2/c1-3-4-5-6-12-9-11-7-10(2)8-13(16(17)18)14(11)15-12/h7-9,15H,3-6H2,1-2H3. The van der Waals surface area contributed by atoms with E-state index in [0.29, 0.717) is 5.52 Å². The van der Waals surface area contributed by atoms with Gasteiger partial charge in [-0.15, -0.1) is 0 Å². The lowest BCUT2D eigenvalue weighted by atomic mass is 10.1. The minimum atomic E-state index is -0.318. The molecule has 18 heavy (non-hydrogen) atoms. The van der Waals surface area contributed by atoms with Crippen LogP contribution in [0.1, 0.15) is 37.4 Å². The Balaban J connectivity index is 2.37. The molecule has 1 N–H and O–H groups in total. The van der Waals surface area contributed by atoms with E-state index in [2.05, 4.69) is 11.9 Å². The molecule has 1 aromatic carbocycles. The van der Waals surface area contributed by atoms with Gasteiger partial charge in [0.1, 0.15) is 5.52 Å². The zero-order chi connectivity index (χ0) is 13.1. The van der Waals surface area contributed by atoms with Gasteiger partial charge in [-0.25, -0.2) is 0 Å². The third-order valence-corrected chi connectivity index (χ3v) is 3.15. The number of hydrogen-bond donors (Lipinski definition) is 1. The largest absolute Gasteiger partial charge is 0.353 e. The summed E-state index contributed by atoms with van der Waals surface area (Å²) in [5, 5.41) is 12.0. The van der Waals surface area contributed by atoms with Gasteiger partial charge in [0.15, 0.2) is 0 Å². The van der Waals surface area contributed by atoms with Crippen molar-refractivity contribution in [2.45, 2.75) is 39.5 Å². The normalized spacial score (nSPS) is 11.0. The third kappa shape index (κ3) is 2.53. The van der Waals surface area contributed by atoms with Crippen molar-refractivity contribution in [3.8, 4) is 0 Å². The predicted octanol–water partition coefficient (Wildman–Crippen LogP) is 4.12. The van der Waals surface area contributed by atoms with Crippen LogP contribution in [0.4, 0.5) is 5.69 Å². The number of hydrogen-bond acceptors (Lipinski definition) is 2. The first kappa shape index (κ1) is 12.6. The van der Waals surface area contributed by atoms with Gasteiger partial charge in [0.25, 0.3) is 5.69 Å². The Hall–Kier alpha value is -1.84. The maximum Gasteiger partial charge on any atom is 0.293 e. The van der Waals surface area contributed by atoms with E-state index in [9.17, 15) is 10.1 Å². The SMILES string of the molecule is CCCCCc1cc2cc(C)cc([N+](=O)[O-])c2[nH]1. The van der Waals surface area contributed by atoms with Gasteiger partial charge in [-0.05, 0) is 37.5 Å². The number of aryl methyl sites for hydroxylation is 2. The quantitative estimate of drug-likeness (QED) is 0.490. The maximum absolute atomic E-state index is 11.0. The van der Waals surface area contributed by atoms with Crippen LogP contribution in [0, 0.1) is 17.0 Å². The summed E-state index contributed by atoms with van der Waals surface area (Å²) >= 11 is 0. The molecule has 0 fully saturated rings. The number of rotatable bonds is 5. The molecule has 0 saturated carbocycles. The number of aromatic amines is 1. The zero-order valence-electron chi connectivity index (χ0n) is 10.8. The topological polar surface area (TPSA) is 58.9 Å². The molecule has 2 aromatic rings. The van der Waals surface area contributed by atoms with Gasteiger partial charge in [-0.2, -0.15) is 0 Å². The summed E-state index contributed by atoms with van der Waals surface area (Å²) in [7, 11) is 0.